The van der Waals surface area contributed by atoms with Gasteiger partial charge in [0.2, 0.25) is 5.91 Å². The molecule has 2 heterocycles. The molecule has 25 heavy (non-hydrogen) atoms. The molecule has 1 aromatic heterocycles. The number of benzene rings is 1. The van der Waals surface area contributed by atoms with Crippen molar-refractivity contribution in [3.63, 3.8) is 0 Å². The molecule has 2 N–H and O–H groups in total. The van der Waals surface area contributed by atoms with Crippen LogP contribution in [-0.4, -0.2) is 34.4 Å². The summed E-state index contributed by atoms with van der Waals surface area (Å²) in [5, 5.41) is 8.95. The van der Waals surface area contributed by atoms with Gasteiger partial charge in [0.1, 0.15) is 17.8 Å². The molecule has 0 radical (unpaired) electrons. The third-order valence-corrected chi connectivity index (χ3v) is 4.62. The van der Waals surface area contributed by atoms with Crippen LogP contribution in [0.3, 0.4) is 0 Å². The fraction of sp³-hybridized carbons (Fsp3) is 0.294. The SMILES string of the molecule is Cc1cc(NC(=O)CN2C(=O)NC3(CCc4ccccc43)C2=O)no1. The fourth-order valence-electron chi connectivity index (χ4n) is 3.48. The zero-order valence-electron chi connectivity index (χ0n) is 13.5. The van der Waals surface area contributed by atoms with Gasteiger partial charge < -0.3 is 15.2 Å². The number of urea groups is 1. The number of hydrogen-bond donors (Lipinski definition) is 2. The number of fused-ring (bicyclic) bond motifs is 2. The predicted octanol–water partition coefficient (Wildman–Crippen LogP) is 1.32. The highest BCUT2D eigenvalue weighted by atomic mass is 16.5. The summed E-state index contributed by atoms with van der Waals surface area (Å²) in [6, 6.07) is 8.54. The van der Waals surface area contributed by atoms with E-state index in [9.17, 15) is 14.4 Å². The number of hydrogen-bond acceptors (Lipinski definition) is 5. The third-order valence-electron chi connectivity index (χ3n) is 4.62. The van der Waals surface area contributed by atoms with Gasteiger partial charge in [0, 0.05) is 6.07 Å². The van der Waals surface area contributed by atoms with Crippen molar-refractivity contribution in [2.45, 2.75) is 25.3 Å². The van der Waals surface area contributed by atoms with Crippen LogP contribution in [0.15, 0.2) is 34.9 Å². The highest BCUT2D eigenvalue weighted by molar-refractivity contribution is 6.10. The van der Waals surface area contributed by atoms with Crippen LogP contribution in [0.2, 0.25) is 0 Å². The molecule has 8 heteroatoms. The van der Waals surface area contributed by atoms with E-state index in [4.69, 9.17) is 4.52 Å². The summed E-state index contributed by atoms with van der Waals surface area (Å²) in [5.41, 5.74) is 0.794. The second-order valence-electron chi connectivity index (χ2n) is 6.25. The van der Waals surface area contributed by atoms with Crippen LogP contribution < -0.4 is 10.6 Å². The minimum absolute atomic E-state index is 0.246. The number of nitrogens with zero attached hydrogens (tertiary/aromatic N) is 2. The van der Waals surface area contributed by atoms with Gasteiger partial charge in [0.05, 0.1) is 0 Å². The number of carbonyl (C=O) groups is 3. The summed E-state index contributed by atoms with van der Waals surface area (Å²) in [6.07, 6.45) is 1.21. The van der Waals surface area contributed by atoms with Crippen LogP contribution in [0.1, 0.15) is 23.3 Å². The van der Waals surface area contributed by atoms with Crippen molar-refractivity contribution in [2.75, 3.05) is 11.9 Å². The summed E-state index contributed by atoms with van der Waals surface area (Å²) in [4.78, 5) is 38.4. The summed E-state index contributed by atoms with van der Waals surface area (Å²) in [5.74, 6) is -0.114. The molecule has 1 aliphatic heterocycles. The lowest BCUT2D eigenvalue weighted by molar-refractivity contribution is -0.134. The maximum atomic E-state index is 12.9. The summed E-state index contributed by atoms with van der Waals surface area (Å²) in [7, 11) is 0. The zero-order valence-corrected chi connectivity index (χ0v) is 13.5. The molecule has 1 saturated heterocycles. The van der Waals surface area contributed by atoms with Gasteiger partial charge in [-0.25, -0.2) is 4.79 Å². The Hall–Kier alpha value is -3.16. The minimum atomic E-state index is -1.06. The van der Waals surface area contributed by atoms with Crippen molar-refractivity contribution in [3.05, 3.63) is 47.2 Å². The molecule has 8 nitrogen and oxygen atoms in total. The number of aromatic nitrogens is 1. The molecule has 1 aromatic carbocycles. The Kier molecular flexibility index (Phi) is 3.34. The number of amides is 4. The average Bonchev–Trinajstić information content (AvgIpc) is 3.22. The van der Waals surface area contributed by atoms with E-state index in [1.165, 1.54) is 0 Å². The van der Waals surface area contributed by atoms with E-state index in [1.807, 2.05) is 24.3 Å². The maximum absolute atomic E-state index is 12.9. The Morgan fingerprint density at radius 2 is 2.20 bits per heavy atom. The van der Waals surface area contributed by atoms with Crippen molar-refractivity contribution in [1.29, 1.82) is 0 Å². The molecule has 4 rings (SSSR count). The number of aryl methyl sites for hydroxylation is 2. The maximum Gasteiger partial charge on any atom is 0.325 e. The highest BCUT2D eigenvalue weighted by Crippen LogP contribution is 2.41. The van der Waals surface area contributed by atoms with E-state index < -0.39 is 23.4 Å². The van der Waals surface area contributed by atoms with Crippen molar-refractivity contribution >= 4 is 23.7 Å². The molecular weight excluding hydrogens is 324 g/mol. The quantitative estimate of drug-likeness (QED) is 0.820. The second kappa shape index (κ2) is 5.44. The van der Waals surface area contributed by atoms with E-state index in [1.54, 1.807) is 13.0 Å². The van der Waals surface area contributed by atoms with Crippen molar-refractivity contribution in [2.24, 2.45) is 0 Å². The van der Waals surface area contributed by atoms with Gasteiger partial charge in [-0.1, -0.05) is 29.4 Å². The molecule has 2 aliphatic rings. The number of anilines is 1. The van der Waals surface area contributed by atoms with Gasteiger partial charge in [-0.3, -0.25) is 14.5 Å². The van der Waals surface area contributed by atoms with Crippen molar-refractivity contribution in [3.8, 4) is 0 Å². The van der Waals surface area contributed by atoms with Crippen LogP contribution in [0, 0.1) is 6.92 Å². The van der Waals surface area contributed by atoms with E-state index in [2.05, 4.69) is 15.8 Å². The highest BCUT2D eigenvalue weighted by Gasteiger charge is 2.55. The van der Waals surface area contributed by atoms with E-state index in [0.29, 0.717) is 18.6 Å². The van der Waals surface area contributed by atoms with Gasteiger partial charge in [0.15, 0.2) is 5.82 Å². The molecule has 128 valence electrons. The van der Waals surface area contributed by atoms with Gasteiger partial charge >= 0.3 is 6.03 Å². The molecule has 1 atom stereocenters. The molecule has 2 aromatic rings. The van der Waals surface area contributed by atoms with Gasteiger partial charge in [-0.05, 0) is 30.9 Å². The normalized spacial score (nSPS) is 21.6. The largest absolute Gasteiger partial charge is 0.360 e. The lowest BCUT2D eigenvalue weighted by atomic mass is 9.92. The fourth-order valence-corrected chi connectivity index (χ4v) is 3.48. The lowest BCUT2D eigenvalue weighted by Crippen LogP contribution is -2.43. The predicted molar refractivity (Wildman–Crippen MR) is 86.6 cm³/mol. The number of imide groups is 1. The summed E-state index contributed by atoms with van der Waals surface area (Å²) in [6.45, 7) is 1.32. The lowest BCUT2D eigenvalue weighted by Gasteiger charge is -2.22. The van der Waals surface area contributed by atoms with Crippen LogP contribution in [0.4, 0.5) is 10.6 Å². The summed E-state index contributed by atoms with van der Waals surface area (Å²) >= 11 is 0. The monoisotopic (exact) mass is 340 g/mol. The van der Waals surface area contributed by atoms with E-state index in [-0.39, 0.29) is 12.4 Å². The Balaban J connectivity index is 1.53. The van der Waals surface area contributed by atoms with Gasteiger partial charge in [-0.2, -0.15) is 0 Å². The van der Waals surface area contributed by atoms with E-state index in [0.717, 1.165) is 16.0 Å². The summed E-state index contributed by atoms with van der Waals surface area (Å²) < 4.78 is 4.87. The number of nitrogens with one attached hydrogen (secondary N) is 2. The van der Waals surface area contributed by atoms with Crippen LogP contribution in [0.5, 0.6) is 0 Å². The molecule has 1 fully saturated rings. The molecular formula is C17H16N4O4. The Labute approximate surface area is 143 Å². The van der Waals surface area contributed by atoms with Crippen LogP contribution in [-0.2, 0) is 21.5 Å². The Bertz CT molecular complexity index is 890. The van der Waals surface area contributed by atoms with Crippen molar-refractivity contribution < 1.29 is 18.9 Å². The first-order chi connectivity index (χ1) is 12.0. The minimum Gasteiger partial charge on any atom is -0.360 e. The Morgan fingerprint density at radius 3 is 2.96 bits per heavy atom. The number of carbonyl (C=O) groups excluding carboxylic acids is 3. The first-order valence-corrected chi connectivity index (χ1v) is 7.95. The Morgan fingerprint density at radius 1 is 1.40 bits per heavy atom. The van der Waals surface area contributed by atoms with E-state index >= 15 is 0 Å². The van der Waals surface area contributed by atoms with Crippen LogP contribution in [0.25, 0.3) is 0 Å². The van der Waals surface area contributed by atoms with Crippen LogP contribution >= 0.6 is 0 Å². The number of rotatable bonds is 3. The molecule has 0 bridgehead atoms. The van der Waals surface area contributed by atoms with Gasteiger partial charge in [-0.15, -0.1) is 0 Å². The van der Waals surface area contributed by atoms with Crippen molar-refractivity contribution in [1.82, 2.24) is 15.4 Å². The molecule has 1 unspecified atom stereocenters. The average molecular weight is 340 g/mol. The standard InChI is InChI=1S/C17H16N4O4/c1-10-8-13(20-25-10)18-14(22)9-21-15(23)17(19-16(21)24)7-6-11-4-2-3-5-12(11)17/h2-5,8H,6-7,9H2,1H3,(H,19,24)(H,18,20,22). The molecule has 0 saturated carbocycles. The molecule has 4 amide bonds. The first-order valence-electron chi connectivity index (χ1n) is 7.95. The zero-order chi connectivity index (χ0) is 17.6. The smallest absolute Gasteiger partial charge is 0.325 e. The first kappa shape index (κ1) is 15.4. The topological polar surface area (TPSA) is 105 Å². The molecule has 1 aliphatic carbocycles. The second-order valence-corrected chi connectivity index (χ2v) is 6.25. The third kappa shape index (κ3) is 2.37. The molecule has 1 spiro atoms. The van der Waals surface area contributed by atoms with Gasteiger partial charge in [0.25, 0.3) is 5.91 Å².